The normalized spacial score (nSPS) is 17.4. The number of carbonyl (C=O) groups excluding carboxylic acids is 1. The number of amides is 1. The van der Waals surface area contributed by atoms with Crippen LogP contribution < -0.4 is 5.32 Å². The van der Waals surface area contributed by atoms with Crippen molar-refractivity contribution >= 4 is 5.91 Å². The second-order valence-corrected chi connectivity index (χ2v) is 6.56. The molecule has 1 aliphatic rings. The van der Waals surface area contributed by atoms with Gasteiger partial charge in [0.25, 0.3) is 5.91 Å². The minimum Gasteiger partial charge on any atom is -0.360 e. The zero-order valence-corrected chi connectivity index (χ0v) is 14.9. The van der Waals surface area contributed by atoms with Gasteiger partial charge in [0, 0.05) is 36.6 Å². The first-order valence-corrected chi connectivity index (χ1v) is 8.67. The van der Waals surface area contributed by atoms with Gasteiger partial charge < -0.3 is 14.7 Å². The Morgan fingerprint density at radius 1 is 1.42 bits per heavy atom. The van der Waals surface area contributed by atoms with E-state index in [0.29, 0.717) is 0 Å². The average molecular weight is 330 g/mol. The lowest BCUT2D eigenvalue weighted by Gasteiger charge is -2.28. The molecule has 1 fully saturated rings. The van der Waals surface area contributed by atoms with Crippen molar-refractivity contribution in [1.82, 2.24) is 19.9 Å². The van der Waals surface area contributed by atoms with E-state index >= 15 is 0 Å². The molecule has 24 heavy (non-hydrogen) atoms. The van der Waals surface area contributed by atoms with E-state index < -0.39 is 0 Å². The number of carbonyl (C=O) groups is 1. The van der Waals surface area contributed by atoms with Crippen LogP contribution in [0, 0.1) is 20.8 Å². The van der Waals surface area contributed by atoms with Crippen LogP contribution in [0.25, 0.3) is 5.82 Å². The number of hydrogen-bond donors (Lipinski definition) is 1. The first-order chi connectivity index (χ1) is 11.5. The monoisotopic (exact) mass is 330 g/mol. The van der Waals surface area contributed by atoms with E-state index in [1.807, 2.05) is 42.4 Å². The van der Waals surface area contributed by atoms with Crippen molar-refractivity contribution in [3.05, 3.63) is 34.8 Å². The summed E-state index contributed by atoms with van der Waals surface area (Å²) in [6.45, 7) is 10.6. The number of rotatable bonds is 5. The predicted octanol–water partition coefficient (Wildman–Crippen LogP) is 2.60. The van der Waals surface area contributed by atoms with Crippen molar-refractivity contribution in [2.45, 2.75) is 46.6 Å². The minimum absolute atomic E-state index is 0.116. The molecule has 0 radical (unpaired) electrons. The SMILES string of the molecule is CCCN(C(=O)c1cc(C)n(-c2cc(C)on2)c1C)C1CCNC1. The lowest BCUT2D eigenvalue weighted by atomic mass is 10.1. The van der Waals surface area contributed by atoms with Gasteiger partial charge in [-0.1, -0.05) is 12.1 Å². The van der Waals surface area contributed by atoms with Gasteiger partial charge in [-0.05, 0) is 46.2 Å². The Labute approximate surface area is 142 Å². The summed E-state index contributed by atoms with van der Waals surface area (Å²) in [6, 6.07) is 4.14. The molecule has 0 bridgehead atoms. The fourth-order valence-electron chi connectivity index (χ4n) is 3.54. The summed E-state index contributed by atoms with van der Waals surface area (Å²) in [5.41, 5.74) is 2.66. The Bertz CT molecular complexity index is 725. The summed E-state index contributed by atoms with van der Waals surface area (Å²) < 4.78 is 7.18. The largest absolute Gasteiger partial charge is 0.360 e. The molecule has 1 unspecified atom stereocenters. The quantitative estimate of drug-likeness (QED) is 0.915. The van der Waals surface area contributed by atoms with Crippen LogP contribution in [0.5, 0.6) is 0 Å². The molecule has 3 rings (SSSR count). The second kappa shape index (κ2) is 6.81. The maximum absolute atomic E-state index is 13.2. The number of nitrogens with zero attached hydrogens (tertiary/aromatic N) is 3. The molecular formula is C18H26N4O2. The summed E-state index contributed by atoms with van der Waals surface area (Å²) >= 11 is 0. The highest BCUT2D eigenvalue weighted by molar-refractivity contribution is 5.96. The van der Waals surface area contributed by atoms with Crippen LogP contribution in [0.1, 0.15) is 47.3 Å². The molecule has 1 saturated heterocycles. The van der Waals surface area contributed by atoms with Crippen molar-refractivity contribution in [2.24, 2.45) is 0 Å². The minimum atomic E-state index is 0.116. The third kappa shape index (κ3) is 2.98. The molecule has 1 aliphatic heterocycles. The van der Waals surface area contributed by atoms with Gasteiger partial charge in [-0.3, -0.25) is 9.36 Å². The van der Waals surface area contributed by atoms with Crippen LogP contribution in [-0.2, 0) is 0 Å². The van der Waals surface area contributed by atoms with Gasteiger partial charge in [-0.15, -0.1) is 0 Å². The Balaban J connectivity index is 1.94. The Morgan fingerprint density at radius 2 is 2.21 bits per heavy atom. The van der Waals surface area contributed by atoms with Gasteiger partial charge in [0.1, 0.15) is 5.76 Å². The number of nitrogens with one attached hydrogen (secondary N) is 1. The fraction of sp³-hybridized carbons (Fsp3) is 0.556. The lowest BCUT2D eigenvalue weighted by molar-refractivity contribution is 0.0691. The van der Waals surface area contributed by atoms with Gasteiger partial charge in [-0.25, -0.2) is 0 Å². The molecule has 1 N–H and O–H groups in total. The molecule has 0 saturated carbocycles. The molecule has 6 nitrogen and oxygen atoms in total. The van der Waals surface area contributed by atoms with E-state index in [1.165, 1.54) is 0 Å². The van der Waals surface area contributed by atoms with Crippen LogP contribution in [0.15, 0.2) is 16.7 Å². The predicted molar refractivity (Wildman–Crippen MR) is 92.6 cm³/mol. The van der Waals surface area contributed by atoms with Crippen molar-refractivity contribution < 1.29 is 9.32 Å². The standard InChI is InChI=1S/C18H26N4O2/c1-5-8-21(15-6-7-19-11-15)18(23)16-9-12(2)22(14(16)4)17-10-13(3)24-20-17/h9-10,15,19H,5-8,11H2,1-4H3. The highest BCUT2D eigenvalue weighted by atomic mass is 16.5. The molecule has 1 amide bonds. The lowest BCUT2D eigenvalue weighted by Crippen LogP contribution is -2.42. The van der Waals surface area contributed by atoms with E-state index in [-0.39, 0.29) is 11.9 Å². The first kappa shape index (κ1) is 16.8. The summed E-state index contributed by atoms with van der Waals surface area (Å²) in [5, 5.41) is 7.45. The molecule has 3 heterocycles. The van der Waals surface area contributed by atoms with Crippen molar-refractivity contribution in [3.63, 3.8) is 0 Å². The molecule has 2 aromatic rings. The summed E-state index contributed by atoms with van der Waals surface area (Å²) in [6.07, 6.45) is 1.98. The van der Waals surface area contributed by atoms with E-state index in [1.54, 1.807) is 0 Å². The highest BCUT2D eigenvalue weighted by Gasteiger charge is 2.29. The van der Waals surface area contributed by atoms with Crippen LogP contribution in [-0.4, -0.2) is 46.2 Å². The maximum Gasteiger partial charge on any atom is 0.255 e. The zero-order valence-electron chi connectivity index (χ0n) is 14.9. The van der Waals surface area contributed by atoms with Gasteiger partial charge in [0.15, 0.2) is 5.82 Å². The summed E-state index contributed by atoms with van der Waals surface area (Å²) in [4.78, 5) is 15.2. The number of hydrogen-bond acceptors (Lipinski definition) is 4. The molecule has 2 aromatic heterocycles. The van der Waals surface area contributed by atoms with E-state index in [0.717, 1.165) is 61.0 Å². The maximum atomic E-state index is 13.2. The summed E-state index contributed by atoms with van der Waals surface area (Å²) in [7, 11) is 0. The van der Waals surface area contributed by atoms with Gasteiger partial charge in [-0.2, -0.15) is 0 Å². The first-order valence-electron chi connectivity index (χ1n) is 8.67. The Morgan fingerprint density at radius 3 is 2.79 bits per heavy atom. The van der Waals surface area contributed by atoms with Crippen LogP contribution in [0.2, 0.25) is 0 Å². The van der Waals surface area contributed by atoms with Gasteiger partial charge >= 0.3 is 0 Å². The zero-order chi connectivity index (χ0) is 17.3. The van der Waals surface area contributed by atoms with Gasteiger partial charge in [0.05, 0.1) is 5.56 Å². The van der Waals surface area contributed by atoms with E-state index in [9.17, 15) is 4.79 Å². The van der Waals surface area contributed by atoms with E-state index in [4.69, 9.17) is 4.52 Å². The third-order valence-corrected chi connectivity index (χ3v) is 4.71. The Kier molecular flexibility index (Phi) is 4.76. The smallest absolute Gasteiger partial charge is 0.255 e. The fourth-order valence-corrected chi connectivity index (χ4v) is 3.54. The molecule has 0 spiro atoms. The van der Waals surface area contributed by atoms with Crippen molar-refractivity contribution in [2.75, 3.05) is 19.6 Å². The molecule has 0 aliphatic carbocycles. The Hall–Kier alpha value is -2.08. The van der Waals surface area contributed by atoms with Gasteiger partial charge in [0.2, 0.25) is 0 Å². The third-order valence-electron chi connectivity index (χ3n) is 4.71. The molecule has 130 valence electrons. The van der Waals surface area contributed by atoms with Crippen molar-refractivity contribution in [3.8, 4) is 5.82 Å². The van der Waals surface area contributed by atoms with Crippen LogP contribution in [0.4, 0.5) is 0 Å². The topological polar surface area (TPSA) is 63.3 Å². The average Bonchev–Trinajstić information content (AvgIpc) is 3.26. The van der Waals surface area contributed by atoms with Crippen molar-refractivity contribution in [1.29, 1.82) is 0 Å². The number of aryl methyl sites for hydroxylation is 2. The molecule has 1 atom stereocenters. The van der Waals surface area contributed by atoms with Crippen LogP contribution in [0.3, 0.4) is 0 Å². The molecule has 6 heteroatoms. The molecular weight excluding hydrogens is 304 g/mol. The van der Waals surface area contributed by atoms with Crippen LogP contribution >= 0.6 is 0 Å². The highest BCUT2D eigenvalue weighted by Crippen LogP contribution is 2.23. The second-order valence-electron chi connectivity index (χ2n) is 6.56. The summed E-state index contributed by atoms with van der Waals surface area (Å²) in [5.74, 6) is 1.60. The molecule has 0 aromatic carbocycles. The number of aromatic nitrogens is 2. The van der Waals surface area contributed by atoms with E-state index in [2.05, 4.69) is 17.4 Å².